The molecule has 0 saturated heterocycles. The van der Waals surface area contributed by atoms with Crippen molar-refractivity contribution in [2.45, 2.75) is 24.8 Å². The van der Waals surface area contributed by atoms with Crippen molar-refractivity contribution in [3.05, 3.63) is 53.9 Å². The van der Waals surface area contributed by atoms with Gasteiger partial charge in [-0.1, -0.05) is 6.07 Å². The maximum absolute atomic E-state index is 13.0. The van der Waals surface area contributed by atoms with E-state index in [0.29, 0.717) is 45.9 Å². The Labute approximate surface area is 203 Å². The lowest BCUT2D eigenvalue weighted by Crippen LogP contribution is -2.17. The van der Waals surface area contributed by atoms with Crippen LogP contribution in [0.15, 0.2) is 47.5 Å². The zero-order chi connectivity index (χ0) is 25.4. The van der Waals surface area contributed by atoms with E-state index in [-0.39, 0.29) is 34.4 Å². The van der Waals surface area contributed by atoms with Gasteiger partial charge in [-0.25, -0.2) is 13.1 Å². The fourth-order valence-corrected chi connectivity index (χ4v) is 5.03. The van der Waals surface area contributed by atoms with E-state index in [0.717, 1.165) is 6.20 Å². The second-order valence-electron chi connectivity index (χ2n) is 7.96. The van der Waals surface area contributed by atoms with E-state index in [1.54, 1.807) is 24.3 Å². The highest BCUT2D eigenvalue weighted by atomic mass is 32.2. The summed E-state index contributed by atoms with van der Waals surface area (Å²) in [6, 6.07) is 9.77. The minimum absolute atomic E-state index is 0.0463. The van der Waals surface area contributed by atoms with Crippen LogP contribution in [0.3, 0.4) is 0 Å². The van der Waals surface area contributed by atoms with Gasteiger partial charge in [0.15, 0.2) is 17.3 Å². The Kier molecular flexibility index (Phi) is 5.96. The number of sulfonamides is 1. The van der Waals surface area contributed by atoms with Crippen LogP contribution in [0.1, 0.15) is 17.8 Å². The third-order valence-corrected chi connectivity index (χ3v) is 7.00. The molecule has 0 fully saturated rings. The fraction of sp³-hybridized carbons (Fsp3) is 0.227. The van der Waals surface area contributed by atoms with Gasteiger partial charge in [-0.2, -0.15) is 19.0 Å². The Morgan fingerprint density at radius 1 is 1.17 bits per heavy atom. The number of carbonyl (C=O) groups is 1. The summed E-state index contributed by atoms with van der Waals surface area (Å²) in [6.45, 7) is -0.828. The Morgan fingerprint density at radius 3 is 2.69 bits per heavy atom. The zero-order valence-electron chi connectivity index (χ0n) is 18.8. The van der Waals surface area contributed by atoms with Crippen molar-refractivity contribution >= 4 is 38.3 Å². The molecular formula is C22H20F2N6O5S. The van der Waals surface area contributed by atoms with Gasteiger partial charge in [-0.3, -0.25) is 14.6 Å². The Morgan fingerprint density at radius 2 is 1.94 bits per heavy atom. The normalized spacial score (nSPS) is 13.2. The predicted octanol–water partition coefficient (Wildman–Crippen LogP) is 3.22. The molecule has 11 nitrogen and oxygen atoms in total. The lowest BCUT2D eigenvalue weighted by molar-refractivity contribution is -0.115. The van der Waals surface area contributed by atoms with E-state index >= 15 is 0 Å². The minimum atomic E-state index is -4.20. The Hall–Kier alpha value is -4.20. The smallest absolute Gasteiger partial charge is 0.333 e. The van der Waals surface area contributed by atoms with Crippen LogP contribution in [0.4, 0.5) is 20.3 Å². The largest absolute Gasteiger partial charge is 0.486 e. The molecule has 3 heterocycles. The number of hydrogen-bond donors (Lipinski definition) is 3. The molecule has 1 aliphatic heterocycles. The van der Waals surface area contributed by atoms with Gasteiger partial charge in [0.1, 0.15) is 18.1 Å². The number of nitrogens with one attached hydrogen (secondary N) is 3. The highest BCUT2D eigenvalue weighted by Gasteiger charge is 2.24. The number of halogens is 2. The van der Waals surface area contributed by atoms with Crippen molar-refractivity contribution in [2.24, 2.45) is 0 Å². The number of aromatic amines is 1. The number of carbonyl (C=O) groups excluding carboxylic acids is 1. The SMILES string of the molecule is Cc1c(S(=O)(=O)Nc2ccc3[nH]nc(NC(=O)Cc4ccc5c(c4)OCCO5)c3c2)cnn1C(F)F. The zero-order valence-corrected chi connectivity index (χ0v) is 19.6. The molecule has 0 unspecified atom stereocenters. The molecule has 0 atom stereocenters. The van der Waals surface area contributed by atoms with Gasteiger partial charge in [0, 0.05) is 11.1 Å². The summed E-state index contributed by atoms with van der Waals surface area (Å²) in [7, 11) is -4.20. The molecule has 2 aromatic carbocycles. The minimum Gasteiger partial charge on any atom is -0.486 e. The molecule has 14 heteroatoms. The second-order valence-corrected chi connectivity index (χ2v) is 9.61. The Balaban J connectivity index is 1.33. The molecule has 5 rings (SSSR count). The fourth-order valence-electron chi connectivity index (χ4n) is 3.81. The maximum atomic E-state index is 13.0. The lowest BCUT2D eigenvalue weighted by atomic mass is 10.1. The average molecular weight is 519 g/mol. The molecule has 0 radical (unpaired) electrons. The van der Waals surface area contributed by atoms with E-state index in [1.165, 1.54) is 19.1 Å². The second kappa shape index (κ2) is 9.11. The van der Waals surface area contributed by atoms with E-state index in [4.69, 9.17) is 9.47 Å². The first-order valence-electron chi connectivity index (χ1n) is 10.7. The first-order valence-corrected chi connectivity index (χ1v) is 12.2. The van der Waals surface area contributed by atoms with Gasteiger partial charge >= 0.3 is 6.55 Å². The molecule has 4 aromatic rings. The van der Waals surface area contributed by atoms with Crippen LogP contribution in [0, 0.1) is 6.92 Å². The molecule has 3 N–H and O–H groups in total. The van der Waals surface area contributed by atoms with Crippen LogP contribution in [-0.2, 0) is 21.2 Å². The van der Waals surface area contributed by atoms with Crippen LogP contribution >= 0.6 is 0 Å². The molecule has 1 amide bonds. The molecule has 36 heavy (non-hydrogen) atoms. The van der Waals surface area contributed by atoms with Gasteiger partial charge in [0.2, 0.25) is 5.91 Å². The number of ether oxygens (including phenoxy) is 2. The van der Waals surface area contributed by atoms with E-state index in [2.05, 4.69) is 25.3 Å². The van der Waals surface area contributed by atoms with E-state index < -0.39 is 16.6 Å². The number of anilines is 2. The monoisotopic (exact) mass is 518 g/mol. The quantitative estimate of drug-likeness (QED) is 0.341. The van der Waals surface area contributed by atoms with Crippen molar-refractivity contribution in [3.63, 3.8) is 0 Å². The summed E-state index contributed by atoms with van der Waals surface area (Å²) in [4.78, 5) is 12.3. The topological polar surface area (TPSA) is 140 Å². The number of amides is 1. The van der Waals surface area contributed by atoms with E-state index in [9.17, 15) is 22.0 Å². The highest BCUT2D eigenvalue weighted by molar-refractivity contribution is 7.92. The Bertz CT molecular complexity index is 1570. The number of rotatable bonds is 7. The van der Waals surface area contributed by atoms with Crippen LogP contribution in [0.5, 0.6) is 11.5 Å². The number of hydrogen-bond acceptors (Lipinski definition) is 7. The number of alkyl halides is 2. The molecule has 0 saturated carbocycles. The van der Waals surface area contributed by atoms with Gasteiger partial charge < -0.3 is 14.8 Å². The van der Waals surface area contributed by atoms with E-state index in [1.807, 2.05) is 0 Å². The summed E-state index contributed by atoms with van der Waals surface area (Å²) < 4.78 is 65.2. The number of H-pyrrole nitrogens is 1. The van der Waals surface area contributed by atoms with Gasteiger partial charge in [-0.05, 0) is 42.8 Å². The van der Waals surface area contributed by atoms with Crippen molar-refractivity contribution in [2.75, 3.05) is 23.3 Å². The number of fused-ring (bicyclic) bond motifs is 2. The molecule has 1 aliphatic rings. The molecule has 0 aliphatic carbocycles. The first-order chi connectivity index (χ1) is 17.2. The van der Waals surface area contributed by atoms with Gasteiger partial charge in [0.05, 0.1) is 23.8 Å². The van der Waals surface area contributed by atoms with Gasteiger partial charge in [-0.15, -0.1) is 0 Å². The van der Waals surface area contributed by atoms with Crippen molar-refractivity contribution < 1.29 is 31.5 Å². The molecule has 188 valence electrons. The standard InChI is InChI=1S/C22H20F2N6O5S/c1-12-19(11-25-30(12)22(23)24)36(32,33)29-14-3-4-16-15(10-14)21(28-27-16)26-20(31)9-13-2-5-17-18(8-13)35-7-6-34-17/h2-5,8,10-11,22,29H,6-7,9H2,1H3,(H2,26,27,28,31). The number of nitrogens with zero attached hydrogens (tertiary/aromatic N) is 3. The molecular weight excluding hydrogens is 498 g/mol. The number of aromatic nitrogens is 4. The lowest BCUT2D eigenvalue weighted by Gasteiger charge is -2.18. The first kappa shape index (κ1) is 23.5. The predicted molar refractivity (Wildman–Crippen MR) is 125 cm³/mol. The van der Waals surface area contributed by atoms with Crippen LogP contribution in [0.25, 0.3) is 10.9 Å². The van der Waals surface area contributed by atoms with Crippen LogP contribution in [0.2, 0.25) is 0 Å². The highest BCUT2D eigenvalue weighted by Crippen LogP contribution is 2.31. The maximum Gasteiger partial charge on any atom is 0.333 e. The van der Waals surface area contributed by atoms with Crippen molar-refractivity contribution in [3.8, 4) is 11.5 Å². The molecule has 0 bridgehead atoms. The summed E-state index contributed by atoms with van der Waals surface area (Å²) in [5.41, 5.74) is 1.21. The molecule has 2 aromatic heterocycles. The summed E-state index contributed by atoms with van der Waals surface area (Å²) in [6.07, 6.45) is 0.911. The number of benzene rings is 2. The van der Waals surface area contributed by atoms with Crippen molar-refractivity contribution in [1.29, 1.82) is 0 Å². The third-order valence-electron chi connectivity index (χ3n) is 5.52. The van der Waals surface area contributed by atoms with Gasteiger partial charge in [0.25, 0.3) is 10.0 Å². The third kappa shape index (κ3) is 4.54. The molecule has 0 spiro atoms. The summed E-state index contributed by atoms with van der Waals surface area (Å²) >= 11 is 0. The van der Waals surface area contributed by atoms with Crippen molar-refractivity contribution in [1.82, 2.24) is 20.0 Å². The summed E-state index contributed by atoms with van der Waals surface area (Å²) in [5, 5.41) is 13.5. The summed E-state index contributed by atoms with van der Waals surface area (Å²) in [5.74, 6) is 1.05. The average Bonchev–Trinajstić information content (AvgIpc) is 3.42. The van der Waals surface area contributed by atoms with Crippen LogP contribution < -0.4 is 19.5 Å². The van der Waals surface area contributed by atoms with Crippen LogP contribution in [-0.4, -0.2) is 47.5 Å².